The second-order valence-electron chi connectivity index (χ2n) is 4.00. The molecule has 3 nitrogen and oxygen atoms in total. The van der Waals surface area contributed by atoms with Crippen molar-refractivity contribution >= 4 is 17.1 Å². The lowest BCUT2D eigenvalue weighted by molar-refractivity contribution is -0.00891. The fraction of sp³-hybridized carbons (Fsp3) is 0.636. The largest absolute Gasteiger partial charge is 0.371 e. The summed E-state index contributed by atoms with van der Waals surface area (Å²) in [5.74, 6) is 0.0294. The predicted molar refractivity (Wildman–Crippen MR) is 59.3 cm³/mol. The Bertz CT molecular complexity index is 366. The molecule has 82 valence electrons. The Labute approximate surface area is 93.5 Å². The van der Waals surface area contributed by atoms with Crippen LogP contribution < -0.4 is 0 Å². The number of thiazole rings is 1. The summed E-state index contributed by atoms with van der Waals surface area (Å²) in [7, 11) is 1.74. The van der Waals surface area contributed by atoms with Gasteiger partial charge in [-0.15, -0.1) is 11.3 Å². The molecular weight excluding hydrogens is 210 g/mol. The quantitative estimate of drug-likeness (QED) is 0.742. The molecule has 1 fully saturated rings. The summed E-state index contributed by atoms with van der Waals surface area (Å²) in [5.41, 5.74) is 0.358. The van der Waals surface area contributed by atoms with Gasteiger partial charge in [-0.3, -0.25) is 4.79 Å². The van der Waals surface area contributed by atoms with Gasteiger partial charge in [-0.1, -0.05) is 12.8 Å². The molecule has 15 heavy (non-hydrogen) atoms. The summed E-state index contributed by atoms with van der Waals surface area (Å²) < 4.78 is 5.61. The highest BCUT2D eigenvalue weighted by atomic mass is 32.1. The molecule has 1 saturated carbocycles. The summed E-state index contributed by atoms with van der Waals surface area (Å²) in [5, 5.41) is 2.80. The third-order valence-corrected chi connectivity index (χ3v) is 4.08. The number of ketones is 1. The highest BCUT2D eigenvalue weighted by Crippen LogP contribution is 2.42. The minimum Gasteiger partial charge on any atom is -0.371 e. The van der Waals surface area contributed by atoms with Gasteiger partial charge in [0.1, 0.15) is 16.3 Å². The van der Waals surface area contributed by atoms with E-state index in [0.717, 1.165) is 17.8 Å². The maximum absolute atomic E-state index is 11.2. The van der Waals surface area contributed by atoms with Gasteiger partial charge in [-0.2, -0.15) is 0 Å². The number of methoxy groups -OCH3 is 1. The van der Waals surface area contributed by atoms with Gasteiger partial charge in [0.2, 0.25) is 0 Å². The Balaban J connectivity index is 2.30. The normalized spacial score (nSPS) is 19.3. The standard InChI is InChI=1S/C11H15NO2S/c1-8(13)9-7-15-10(12-9)11(14-2)5-3-4-6-11/h7H,3-6H2,1-2H3. The topological polar surface area (TPSA) is 39.2 Å². The van der Waals surface area contributed by atoms with E-state index in [4.69, 9.17) is 4.74 Å². The fourth-order valence-electron chi connectivity index (χ4n) is 2.10. The van der Waals surface area contributed by atoms with Crippen molar-refractivity contribution in [2.45, 2.75) is 38.2 Å². The lowest BCUT2D eigenvalue weighted by Crippen LogP contribution is -2.24. The van der Waals surface area contributed by atoms with Crippen LogP contribution in [0.4, 0.5) is 0 Å². The maximum atomic E-state index is 11.2. The molecule has 1 aliphatic rings. The Morgan fingerprint density at radius 1 is 1.53 bits per heavy atom. The Morgan fingerprint density at radius 2 is 2.20 bits per heavy atom. The van der Waals surface area contributed by atoms with Gasteiger partial charge in [-0.25, -0.2) is 4.98 Å². The van der Waals surface area contributed by atoms with Crippen molar-refractivity contribution < 1.29 is 9.53 Å². The van der Waals surface area contributed by atoms with Crippen LogP contribution in [0, 0.1) is 0 Å². The number of ether oxygens (including phenoxy) is 1. The first kappa shape index (κ1) is 10.8. The zero-order valence-electron chi connectivity index (χ0n) is 9.08. The molecular formula is C11H15NO2S. The second kappa shape index (κ2) is 4.02. The lowest BCUT2D eigenvalue weighted by atomic mass is 10.0. The van der Waals surface area contributed by atoms with Crippen LogP contribution in [0.5, 0.6) is 0 Å². The van der Waals surface area contributed by atoms with E-state index < -0.39 is 0 Å². The SMILES string of the molecule is COC1(c2nc(C(C)=O)cs2)CCCC1. The molecule has 0 N–H and O–H groups in total. The monoisotopic (exact) mass is 225 g/mol. The average Bonchev–Trinajstić information content (AvgIpc) is 2.87. The molecule has 0 atom stereocenters. The molecule has 1 aliphatic carbocycles. The van der Waals surface area contributed by atoms with Gasteiger partial charge in [0.15, 0.2) is 5.78 Å². The number of nitrogens with zero attached hydrogens (tertiary/aromatic N) is 1. The number of aromatic nitrogens is 1. The van der Waals surface area contributed by atoms with Crippen LogP contribution in [-0.4, -0.2) is 17.9 Å². The zero-order valence-corrected chi connectivity index (χ0v) is 9.89. The highest BCUT2D eigenvalue weighted by Gasteiger charge is 2.38. The molecule has 0 aromatic carbocycles. The summed E-state index contributed by atoms with van der Waals surface area (Å²) in [4.78, 5) is 15.5. The van der Waals surface area contributed by atoms with Gasteiger partial charge < -0.3 is 4.74 Å². The first-order valence-electron chi connectivity index (χ1n) is 5.20. The van der Waals surface area contributed by atoms with E-state index in [1.165, 1.54) is 12.8 Å². The smallest absolute Gasteiger partial charge is 0.178 e. The number of hydrogen-bond acceptors (Lipinski definition) is 4. The van der Waals surface area contributed by atoms with Gasteiger partial charge in [0.05, 0.1) is 0 Å². The van der Waals surface area contributed by atoms with Crippen LogP contribution in [0.2, 0.25) is 0 Å². The molecule has 1 heterocycles. The predicted octanol–water partition coefficient (Wildman–Crippen LogP) is 2.76. The van der Waals surface area contributed by atoms with Crippen molar-refractivity contribution in [3.05, 3.63) is 16.1 Å². The Morgan fingerprint density at radius 3 is 2.67 bits per heavy atom. The minimum absolute atomic E-state index is 0.0294. The van der Waals surface area contributed by atoms with E-state index in [-0.39, 0.29) is 11.4 Å². The van der Waals surface area contributed by atoms with E-state index in [9.17, 15) is 4.79 Å². The molecule has 0 spiro atoms. The van der Waals surface area contributed by atoms with Gasteiger partial charge in [-0.05, 0) is 12.8 Å². The second-order valence-corrected chi connectivity index (χ2v) is 4.86. The maximum Gasteiger partial charge on any atom is 0.178 e. The highest BCUT2D eigenvalue weighted by molar-refractivity contribution is 7.10. The number of hydrogen-bond donors (Lipinski definition) is 0. The first-order valence-corrected chi connectivity index (χ1v) is 6.08. The van der Waals surface area contributed by atoms with Gasteiger partial charge in [0.25, 0.3) is 0 Å². The van der Waals surface area contributed by atoms with Crippen LogP contribution in [0.25, 0.3) is 0 Å². The Kier molecular flexibility index (Phi) is 2.89. The van der Waals surface area contributed by atoms with E-state index in [0.29, 0.717) is 5.69 Å². The summed E-state index contributed by atoms with van der Waals surface area (Å²) in [6, 6.07) is 0. The number of carbonyl (C=O) groups excluding carboxylic acids is 1. The third-order valence-electron chi connectivity index (χ3n) is 3.06. The lowest BCUT2D eigenvalue weighted by Gasteiger charge is -2.24. The molecule has 0 unspecified atom stereocenters. The number of rotatable bonds is 3. The summed E-state index contributed by atoms with van der Waals surface area (Å²) in [6.07, 6.45) is 4.41. The van der Waals surface area contributed by atoms with E-state index in [2.05, 4.69) is 4.98 Å². The molecule has 2 rings (SSSR count). The third kappa shape index (κ3) is 1.84. The molecule has 0 radical (unpaired) electrons. The fourth-order valence-corrected chi connectivity index (χ4v) is 3.19. The number of Topliss-reactive ketones (excluding diaryl/α,β-unsaturated/α-hetero) is 1. The summed E-state index contributed by atoms with van der Waals surface area (Å²) in [6.45, 7) is 1.55. The molecule has 0 aliphatic heterocycles. The molecule has 0 bridgehead atoms. The van der Waals surface area contributed by atoms with Crippen molar-refractivity contribution in [2.75, 3.05) is 7.11 Å². The Hall–Kier alpha value is -0.740. The molecule has 0 saturated heterocycles. The molecule has 1 aromatic heterocycles. The van der Waals surface area contributed by atoms with Crippen molar-refractivity contribution in [3.8, 4) is 0 Å². The first-order chi connectivity index (χ1) is 7.18. The van der Waals surface area contributed by atoms with Crippen molar-refractivity contribution in [3.63, 3.8) is 0 Å². The minimum atomic E-state index is -0.210. The van der Waals surface area contributed by atoms with Crippen LogP contribution >= 0.6 is 11.3 Å². The van der Waals surface area contributed by atoms with Crippen LogP contribution in [0.1, 0.15) is 48.1 Å². The summed E-state index contributed by atoms with van der Waals surface area (Å²) >= 11 is 1.54. The van der Waals surface area contributed by atoms with E-state index >= 15 is 0 Å². The van der Waals surface area contributed by atoms with Crippen molar-refractivity contribution in [1.82, 2.24) is 4.98 Å². The molecule has 0 amide bonds. The van der Waals surface area contributed by atoms with Crippen molar-refractivity contribution in [2.24, 2.45) is 0 Å². The zero-order chi connectivity index (χ0) is 10.9. The van der Waals surface area contributed by atoms with Crippen molar-refractivity contribution in [1.29, 1.82) is 0 Å². The molecule has 4 heteroatoms. The van der Waals surface area contributed by atoms with Crippen LogP contribution in [0.15, 0.2) is 5.38 Å². The van der Waals surface area contributed by atoms with Gasteiger partial charge in [0, 0.05) is 19.4 Å². The average molecular weight is 225 g/mol. The molecule has 1 aromatic rings. The van der Waals surface area contributed by atoms with Gasteiger partial charge >= 0.3 is 0 Å². The van der Waals surface area contributed by atoms with E-state index in [1.807, 2.05) is 5.38 Å². The number of carbonyl (C=O) groups is 1. The van der Waals surface area contributed by atoms with Crippen LogP contribution in [0.3, 0.4) is 0 Å². The van der Waals surface area contributed by atoms with Crippen LogP contribution in [-0.2, 0) is 10.3 Å². The van der Waals surface area contributed by atoms with E-state index in [1.54, 1.807) is 25.4 Å².